The van der Waals surface area contributed by atoms with Gasteiger partial charge in [-0.15, -0.1) is 12.6 Å². The standard InChI is InChI=1S/C5H7NS/c1-3-4-6-5(2)7/h3-4,7H,1-2H2/b6-4-. The van der Waals surface area contributed by atoms with Gasteiger partial charge in [-0.05, 0) is 0 Å². The average Bonchev–Trinajstić information content (AvgIpc) is 1.61. The van der Waals surface area contributed by atoms with Crippen LogP contribution in [0.25, 0.3) is 0 Å². The van der Waals surface area contributed by atoms with E-state index in [4.69, 9.17) is 0 Å². The summed E-state index contributed by atoms with van der Waals surface area (Å²) in [5, 5.41) is 0.500. The summed E-state index contributed by atoms with van der Waals surface area (Å²) >= 11 is 3.79. The van der Waals surface area contributed by atoms with Gasteiger partial charge >= 0.3 is 0 Å². The average molecular weight is 113 g/mol. The lowest BCUT2D eigenvalue weighted by molar-refractivity contribution is 1.59. The van der Waals surface area contributed by atoms with Crippen molar-refractivity contribution < 1.29 is 0 Å². The fraction of sp³-hybridized carbons (Fsp3) is 0. The molecule has 0 fully saturated rings. The first-order valence-corrected chi connectivity index (χ1v) is 2.25. The summed E-state index contributed by atoms with van der Waals surface area (Å²) in [4.78, 5) is 3.67. The number of allylic oxidation sites excluding steroid dienone is 1. The molecular formula is C5H7NS. The van der Waals surface area contributed by atoms with Gasteiger partial charge in [-0.2, -0.15) is 0 Å². The predicted molar refractivity (Wildman–Crippen MR) is 36.8 cm³/mol. The van der Waals surface area contributed by atoms with Crippen LogP contribution in [0.15, 0.2) is 29.3 Å². The summed E-state index contributed by atoms with van der Waals surface area (Å²) in [5.74, 6) is 0. The van der Waals surface area contributed by atoms with Crippen molar-refractivity contribution in [2.24, 2.45) is 4.99 Å². The van der Waals surface area contributed by atoms with Crippen molar-refractivity contribution >= 4 is 18.8 Å². The fourth-order valence-corrected chi connectivity index (χ4v) is 0.205. The second-order valence-electron chi connectivity index (χ2n) is 0.930. The first-order chi connectivity index (χ1) is 3.27. The maximum absolute atomic E-state index is 3.79. The van der Waals surface area contributed by atoms with Crippen molar-refractivity contribution in [1.29, 1.82) is 0 Å². The zero-order chi connectivity index (χ0) is 5.70. The highest BCUT2D eigenvalue weighted by Gasteiger charge is 1.66. The lowest BCUT2D eigenvalue weighted by atomic mass is 10.7. The van der Waals surface area contributed by atoms with Gasteiger partial charge in [0.05, 0.1) is 5.03 Å². The molecule has 0 rings (SSSR count). The molecule has 0 aromatic rings. The Morgan fingerprint density at radius 1 is 1.71 bits per heavy atom. The van der Waals surface area contributed by atoms with E-state index < -0.39 is 0 Å². The molecule has 0 saturated carbocycles. The molecule has 0 radical (unpaired) electrons. The van der Waals surface area contributed by atoms with Gasteiger partial charge in [0.15, 0.2) is 0 Å². The van der Waals surface area contributed by atoms with E-state index in [0.29, 0.717) is 5.03 Å². The quantitative estimate of drug-likeness (QED) is 0.413. The summed E-state index contributed by atoms with van der Waals surface area (Å²) in [7, 11) is 0. The third-order valence-corrected chi connectivity index (χ3v) is 0.444. The SMILES string of the molecule is C=C/C=N\C(=C)S. The van der Waals surface area contributed by atoms with Crippen LogP contribution >= 0.6 is 12.6 Å². The van der Waals surface area contributed by atoms with Gasteiger partial charge < -0.3 is 0 Å². The van der Waals surface area contributed by atoms with E-state index in [-0.39, 0.29) is 0 Å². The number of hydrogen-bond acceptors (Lipinski definition) is 2. The van der Waals surface area contributed by atoms with E-state index in [9.17, 15) is 0 Å². The van der Waals surface area contributed by atoms with Gasteiger partial charge in [0.25, 0.3) is 0 Å². The van der Waals surface area contributed by atoms with Crippen molar-refractivity contribution in [3.63, 3.8) is 0 Å². The molecule has 0 amide bonds. The zero-order valence-corrected chi connectivity index (χ0v) is 4.86. The second kappa shape index (κ2) is 3.68. The molecule has 0 aliphatic rings. The molecule has 0 unspecified atom stereocenters. The first-order valence-electron chi connectivity index (χ1n) is 1.80. The highest BCUT2D eigenvalue weighted by atomic mass is 32.1. The van der Waals surface area contributed by atoms with Crippen LogP contribution in [0.3, 0.4) is 0 Å². The van der Waals surface area contributed by atoms with E-state index in [2.05, 4.69) is 30.8 Å². The van der Waals surface area contributed by atoms with Crippen molar-refractivity contribution in [2.45, 2.75) is 0 Å². The minimum Gasteiger partial charge on any atom is -0.251 e. The highest BCUT2D eigenvalue weighted by Crippen LogP contribution is 1.93. The van der Waals surface area contributed by atoms with Crippen LogP contribution in [0.2, 0.25) is 0 Å². The van der Waals surface area contributed by atoms with Crippen molar-refractivity contribution in [1.82, 2.24) is 0 Å². The Morgan fingerprint density at radius 2 is 2.29 bits per heavy atom. The normalized spacial score (nSPS) is 9.29. The van der Waals surface area contributed by atoms with Crippen molar-refractivity contribution in [3.8, 4) is 0 Å². The summed E-state index contributed by atoms with van der Waals surface area (Å²) in [6, 6.07) is 0. The van der Waals surface area contributed by atoms with Crippen LogP contribution < -0.4 is 0 Å². The third-order valence-electron chi connectivity index (χ3n) is 0.329. The van der Waals surface area contributed by atoms with Gasteiger partial charge in [-0.1, -0.05) is 19.2 Å². The topological polar surface area (TPSA) is 12.4 Å². The molecule has 0 spiro atoms. The Bertz CT molecular complexity index is 105. The van der Waals surface area contributed by atoms with E-state index >= 15 is 0 Å². The molecule has 0 bridgehead atoms. The highest BCUT2D eigenvalue weighted by molar-refractivity contribution is 7.84. The lowest BCUT2D eigenvalue weighted by Crippen LogP contribution is -1.59. The molecule has 2 heteroatoms. The summed E-state index contributed by atoms with van der Waals surface area (Å²) < 4.78 is 0. The van der Waals surface area contributed by atoms with E-state index in [0.717, 1.165) is 0 Å². The summed E-state index contributed by atoms with van der Waals surface area (Å²) in [6.45, 7) is 6.82. The van der Waals surface area contributed by atoms with Crippen LogP contribution in [0.1, 0.15) is 0 Å². The largest absolute Gasteiger partial charge is 0.251 e. The monoisotopic (exact) mass is 113 g/mol. The molecule has 0 saturated heterocycles. The van der Waals surface area contributed by atoms with Gasteiger partial charge in [0.1, 0.15) is 0 Å². The Kier molecular flexibility index (Phi) is 3.42. The molecule has 0 aliphatic heterocycles. The zero-order valence-electron chi connectivity index (χ0n) is 3.96. The summed E-state index contributed by atoms with van der Waals surface area (Å²) in [5.41, 5.74) is 0. The second-order valence-corrected chi connectivity index (χ2v) is 1.45. The number of aliphatic imine (C=N–C) groups is 1. The lowest BCUT2D eigenvalue weighted by Gasteiger charge is -1.76. The van der Waals surface area contributed by atoms with E-state index in [1.165, 1.54) is 6.21 Å². The van der Waals surface area contributed by atoms with Gasteiger partial charge in [-0.3, -0.25) is 4.99 Å². The summed E-state index contributed by atoms with van der Waals surface area (Å²) in [6.07, 6.45) is 3.11. The molecule has 0 heterocycles. The van der Waals surface area contributed by atoms with Crippen LogP contribution in [0, 0.1) is 0 Å². The van der Waals surface area contributed by atoms with Crippen LogP contribution in [0.4, 0.5) is 0 Å². The van der Waals surface area contributed by atoms with Gasteiger partial charge in [-0.25, -0.2) is 0 Å². The third kappa shape index (κ3) is 5.50. The Hall–Kier alpha value is -0.500. The van der Waals surface area contributed by atoms with Crippen LogP contribution in [-0.2, 0) is 0 Å². The molecule has 0 aromatic carbocycles. The van der Waals surface area contributed by atoms with Gasteiger partial charge in [0, 0.05) is 6.21 Å². The van der Waals surface area contributed by atoms with Crippen molar-refractivity contribution in [2.75, 3.05) is 0 Å². The molecule has 7 heavy (non-hydrogen) atoms. The molecule has 38 valence electrons. The van der Waals surface area contributed by atoms with Gasteiger partial charge in [0.2, 0.25) is 0 Å². The van der Waals surface area contributed by atoms with E-state index in [1.807, 2.05) is 0 Å². The van der Waals surface area contributed by atoms with Crippen LogP contribution in [0.5, 0.6) is 0 Å². The smallest absolute Gasteiger partial charge is 0.0857 e. The number of thiol groups is 1. The maximum atomic E-state index is 3.79. The van der Waals surface area contributed by atoms with E-state index in [1.54, 1.807) is 6.08 Å². The molecular weight excluding hydrogens is 106 g/mol. The molecule has 0 N–H and O–H groups in total. The number of rotatable bonds is 2. The van der Waals surface area contributed by atoms with Crippen molar-refractivity contribution in [3.05, 3.63) is 24.3 Å². The molecule has 0 atom stereocenters. The minimum atomic E-state index is 0.500. The van der Waals surface area contributed by atoms with Crippen LogP contribution in [-0.4, -0.2) is 6.21 Å². The maximum Gasteiger partial charge on any atom is 0.0857 e. The minimum absolute atomic E-state index is 0.500. The number of nitrogens with zero attached hydrogens (tertiary/aromatic N) is 1. The Labute approximate surface area is 48.9 Å². The molecule has 1 nitrogen and oxygen atoms in total. The molecule has 0 aliphatic carbocycles. The molecule has 0 aromatic heterocycles. The predicted octanol–water partition coefficient (Wildman–Crippen LogP) is 1.64. The Morgan fingerprint density at radius 3 is 2.43 bits per heavy atom. The first kappa shape index (κ1) is 6.50. The Balaban J connectivity index is 3.46. The number of hydrogen-bond donors (Lipinski definition) is 1. The fourth-order valence-electron chi connectivity index (χ4n) is 0.139.